The number of hydrogen-bond acceptors (Lipinski definition) is 3. The summed E-state index contributed by atoms with van der Waals surface area (Å²) in [5, 5.41) is 8.98. The molecular formula is C14H13BrN2O2. The Labute approximate surface area is 119 Å². The highest BCUT2D eigenvalue weighted by Crippen LogP contribution is 2.24. The molecule has 0 bridgehead atoms. The second kappa shape index (κ2) is 5.84. The largest absolute Gasteiger partial charge is 0.478 e. The van der Waals surface area contributed by atoms with Crippen LogP contribution in [0, 0.1) is 0 Å². The number of anilines is 1. The number of carbonyl (C=O) groups is 1. The molecule has 0 aliphatic rings. The lowest BCUT2D eigenvalue weighted by molar-refractivity contribution is 0.0696. The number of halogens is 1. The predicted octanol–water partition coefficient (Wildman–Crippen LogP) is 3.18. The molecule has 0 unspecified atom stereocenters. The van der Waals surface area contributed by atoms with Gasteiger partial charge in [-0.25, -0.2) is 4.79 Å². The molecule has 98 valence electrons. The first kappa shape index (κ1) is 13.5. The van der Waals surface area contributed by atoms with Gasteiger partial charge in [-0.05, 0) is 45.8 Å². The normalized spacial score (nSPS) is 10.2. The Hall–Kier alpha value is -1.88. The van der Waals surface area contributed by atoms with E-state index in [1.165, 1.54) is 0 Å². The fourth-order valence-electron chi connectivity index (χ4n) is 1.77. The second-order valence-corrected chi connectivity index (χ2v) is 5.04. The van der Waals surface area contributed by atoms with E-state index in [1.54, 1.807) is 24.4 Å². The Morgan fingerprint density at radius 2 is 2.21 bits per heavy atom. The molecule has 1 aromatic carbocycles. The molecule has 1 aromatic heterocycles. The minimum absolute atomic E-state index is 0.263. The zero-order chi connectivity index (χ0) is 13.8. The van der Waals surface area contributed by atoms with E-state index in [1.807, 2.05) is 30.3 Å². The third-order valence-electron chi connectivity index (χ3n) is 2.77. The van der Waals surface area contributed by atoms with Crippen LogP contribution in [0.4, 0.5) is 5.69 Å². The summed E-state index contributed by atoms with van der Waals surface area (Å²) >= 11 is 3.28. The standard InChI is InChI=1S/C14H13BrN2O2/c1-17(9-10-3-2-6-16-8-10)11-4-5-12(14(18)19)13(15)7-11/h2-8H,9H2,1H3,(H,18,19). The van der Waals surface area contributed by atoms with E-state index in [2.05, 4.69) is 20.9 Å². The number of hydrogen-bond donors (Lipinski definition) is 1. The first-order chi connectivity index (χ1) is 9.08. The van der Waals surface area contributed by atoms with Gasteiger partial charge in [0.05, 0.1) is 5.56 Å². The van der Waals surface area contributed by atoms with Crippen molar-refractivity contribution in [2.24, 2.45) is 0 Å². The Bertz CT molecular complexity index is 587. The topological polar surface area (TPSA) is 53.4 Å². The van der Waals surface area contributed by atoms with Gasteiger partial charge in [0.2, 0.25) is 0 Å². The van der Waals surface area contributed by atoms with E-state index >= 15 is 0 Å². The minimum atomic E-state index is -0.937. The first-order valence-electron chi connectivity index (χ1n) is 5.71. The van der Waals surface area contributed by atoms with Gasteiger partial charge in [-0.1, -0.05) is 6.07 Å². The van der Waals surface area contributed by atoms with Crippen LogP contribution < -0.4 is 4.90 Å². The fourth-order valence-corrected chi connectivity index (χ4v) is 2.31. The predicted molar refractivity (Wildman–Crippen MR) is 77.4 cm³/mol. The highest BCUT2D eigenvalue weighted by molar-refractivity contribution is 9.10. The van der Waals surface area contributed by atoms with E-state index in [-0.39, 0.29) is 5.56 Å². The molecule has 2 rings (SSSR count). The third kappa shape index (κ3) is 3.32. The van der Waals surface area contributed by atoms with E-state index in [0.29, 0.717) is 11.0 Å². The zero-order valence-corrected chi connectivity index (χ0v) is 12.0. The number of carboxylic acids is 1. The molecule has 0 saturated carbocycles. The van der Waals surface area contributed by atoms with Crippen LogP contribution >= 0.6 is 15.9 Å². The summed E-state index contributed by atoms with van der Waals surface area (Å²) in [4.78, 5) is 17.0. The maximum absolute atomic E-state index is 10.9. The van der Waals surface area contributed by atoms with Crippen molar-refractivity contribution < 1.29 is 9.90 Å². The first-order valence-corrected chi connectivity index (χ1v) is 6.50. The van der Waals surface area contributed by atoms with Gasteiger partial charge in [0, 0.05) is 36.1 Å². The number of aromatic carboxylic acids is 1. The summed E-state index contributed by atoms with van der Waals surface area (Å²) in [7, 11) is 1.95. The average molecular weight is 321 g/mol. The minimum Gasteiger partial charge on any atom is -0.478 e. The molecule has 0 atom stereocenters. The zero-order valence-electron chi connectivity index (χ0n) is 10.4. The van der Waals surface area contributed by atoms with Crippen molar-refractivity contribution in [3.05, 3.63) is 58.3 Å². The van der Waals surface area contributed by atoms with Gasteiger partial charge in [0.1, 0.15) is 0 Å². The highest BCUT2D eigenvalue weighted by atomic mass is 79.9. The average Bonchev–Trinajstić information content (AvgIpc) is 2.39. The summed E-state index contributed by atoms with van der Waals surface area (Å²) in [5.74, 6) is -0.937. The molecule has 0 spiro atoms. The summed E-state index contributed by atoms with van der Waals surface area (Å²) in [5.41, 5.74) is 2.31. The van der Waals surface area contributed by atoms with Crippen molar-refractivity contribution in [3.63, 3.8) is 0 Å². The Morgan fingerprint density at radius 1 is 1.42 bits per heavy atom. The molecule has 0 saturated heterocycles. The molecule has 0 aliphatic carbocycles. The third-order valence-corrected chi connectivity index (χ3v) is 3.42. The van der Waals surface area contributed by atoms with Crippen LogP contribution in [-0.2, 0) is 6.54 Å². The number of rotatable bonds is 4. The monoisotopic (exact) mass is 320 g/mol. The molecule has 1 heterocycles. The van der Waals surface area contributed by atoms with Crippen LogP contribution in [0.25, 0.3) is 0 Å². The lowest BCUT2D eigenvalue weighted by Crippen LogP contribution is -2.16. The molecule has 19 heavy (non-hydrogen) atoms. The lowest BCUT2D eigenvalue weighted by atomic mass is 10.2. The fraction of sp³-hybridized carbons (Fsp3) is 0.143. The van der Waals surface area contributed by atoms with Crippen LogP contribution in [0.5, 0.6) is 0 Å². The van der Waals surface area contributed by atoms with Crippen molar-refractivity contribution in [3.8, 4) is 0 Å². The molecule has 1 N–H and O–H groups in total. The molecule has 4 nitrogen and oxygen atoms in total. The summed E-state index contributed by atoms with van der Waals surface area (Å²) in [6.07, 6.45) is 3.55. The number of benzene rings is 1. The molecule has 0 amide bonds. The molecule has 0 fully saturated rings. The molecule has 2 aromatic rings. The Balaban J connectivity index is 2.18. The van der Waals surface area contributed by atoms with Crippen molar-refractivity contribution >= 4 is 27.6 Å². The van der Waals surface area contributed by atoms with Crippen molar-refractivity contribution in [1.29, 1.82) is 0 Å². The SMILES string of the molecule is CN(Cc1cccnc1)c1ccc(C(=O)O)c(Br)c1. The molecule has 0 aliphatic heterocycles. The van der Waals surface area contributed by atoms with Crippen LogP contribution in [0.1, 0.15) is 15.9 Å². The number of pyridine rings is 1. The highest BCUT2D eigenvalue weighted by Gasteiger charge is 2.10. The van der Waals surface area contributed by atoms with Gasteiger partial charge in [0.25, 0.3) is 0 Å². The maximum Gasteiger partial charge on any atom is 0.336 e. The van der Waals surface area contributed by atoms with Crippen molar-refractivity contribution in [2.45, 2.75) is 6.54 Å². The molecule has 5 heteroatoms. The van der Waals surface area contributed by atoms with Crippen molar-refractivity contribution in [1.82, 2.24) is 4.98 Å². The quantitative estimate of drug-likeness (QED) is 0.940. The van der Waals surface area contributed by atoms with Crippen LogP contribution in [0.3, 0.4) is 0 Å². The van der Waals surface area contributed by atoms with E-state index in [0.717, 1.165) is 11.3 Å². The van der Waals surface area contributed by atoms with Gasteiger partial charge >= 0.3 is 5.97 Å². The summed E-state index contributed by atoms with van der Waals surface area (Å²) in [6.45, 7) is 0.715. The second-order valence-electron chi connectivity index (χ2n) is 4.19. The van der Waals surface area contributed by atoms with Gasteiger partial charge in [-0.2, -0.15) is 0 Å². The van der Waals surface area contributed by atoms with Gasteiger partial charge in [-0.15, -0.1) is 0 Å². The smallest absolute Gasteiger partial charge is 0.336 e. The van der Waals surface area contributed by atoms with Crippen LogP contribution in [0.15, 0.2) is 47.2 Å². The Kier molecular flexibility index (Phi) is 4.16. The molecule has 0 radical (unpaired) electrons. The Morgan fingerprint density at radius 3 is 2.79 bits per heavy atom. The number of aromatic nitrogens is 1. The lowest BCUT2D eigenvalue weighted by Gasteiger charge is -2.19. The summed E-state index contributed by atoms with van der Waals surface area (Å²) < 4.78 is 0.579. The van der Waals surface area contributed by atoms with Gasteiger partial charge in [-0.3, -0.25) is 4.98 Å². The van der Waals surface area contributed by atoms with E-state index < -0.39 is 5.97 Å². The van der Waals surface area contributed by atoms with E-state index in [9.17, 15) is 4.79 Å². The molecular weight excluding hydrogens is 308 g/mol. The van der Waals surface area contributed by atoms with Crippen molar-refractivity contribution in [2.75, 3.05) is 11.9 Å². The maximum atomic E-state index is 10.9. The van der Waals surface area contributed by atoms with E-state index in [4.69, 9.17) is 5.11 Å². The van der Waals surface area contributed by atoms with Gasteiger partial charge < -0.3 is 10.0 Å². The van der Waals surface area contributed by atoms with Crippen LogP contribution in [0.2, 0.25) is 0 Å². The van der Waals surface area contributed by atoms with Crippen LogP contribution in [-0.4, -0.2) is 23.1 Å². The number of carboxylic acid groups (broad SMARTS) is 1. The van der Waals surface area contributed by atoms with Gasteiger partial charge in [0.15, 0.2) is 0 Å². The number of nitrogens with zero attached hydrogens (tertiary/aromatic N) is 2. The summed E-state index contributed by atoms with van der Waals surface area (Å²) in [6, 6.07) is 9.10.